The Morgan fingerprint density at radius 1 is 1.25 bits per heavy atom. The number of rotatable bonds is 5. The van der Waals surface area contributed by atoms with E-state index < -0.39 is 0 Å². The molecule has 24 heavy (non-hydrogen) atoms. The second-order valence-corrected chi connectivity index (χ2v) is 6.29. The maximum absolute atomic E-state index is 11.2. The lowest BCUT2D eigenvalue weighted by atomic mass is 9.91. The van der Waals surface area contributed by atoms with E-state index in [0.29, 0.717) is 12.5 Å². The third-order valence-electron chi connectivity index (χ3n) is 4.59. The molecule has 3 rings (SSSR count). The Morgan fingerprint density at radius 2 is 2.00 bits per heavy atom. The first-order chi connectivity index (χ1) is 11.6. The number of hydrogen-bond acceptors (Lipinski definition) is 5. The topological polar surface area (TPSA) is 75.9 Å². The van der Waals surface area contributed by atoms with E-state index in [9.17, 15) is 4.79 Å². The summed E-state index contributed by atoms with van der Waals surface area (Å²) in [7, 11) is 1.98. The maximum atomic E-state index is 11.2. The van der Waals surface area contributed by atoms with E-state index in [2.05, 4.69) is 31.3 Å². The lowest BCUT2D eigenvalue weighted by Crippen LogP contribution is -2.34. The van der Waals surface area contributed by atoms with Crippen LogP contribution in [0.3, 0.4) is 0 Å². The summed E-state index contributed by atoms with van der Waals surface area (Å²) in [5.74, 6) is 0.364. The minimum Gasteiger partial charge on any atom is -0.351 e. The van der Waals surface area contributed by atoms with Crippen LogP contribution in [0, 0.1) is 0 Å². The van der Waals surface area contributed by atoms with Gasteiger partial charge in [0.1, 0.15) is 0 Å². The molecule has 0 aromatic carbocycles. The molecular weight excluding hydrogens is 304 g/mol. The summed E-state index contributed by atoms with van der Waals surface area (Å²) in [5.41, 5.74) is 3.16. The molecule has 1 N–H and O–H groups in total. The van der Waals surface area contributed by atoms with Crippen molar-refractivity contribution in [2.24, 2.45) is 7.05 Å². The van der Waals surface area contributed by atoms with E-state index in [-0.39, 0.29) is 5.91 Å². The highest BCUT2D eigenvalue weighted by Gasteiger charge is 2.24. The standard InChI is InChI=1S/C17H24N6O/c1-13(24)20-11-16-17(19-8-7-18-16)14-4-9-23(10-5-14)12-15-3-6-21-22(15)2/h3,6-8,14H,4-5,9-12H2,1-2H3,(H,20,24). The van der Waals surface area contributed by atoms with Gasteiger partial charge in [-0.15, -0.1) is 0 Å². The molecule has 0 radical (unpaired) electrons. The van der Waals surface area contributed by atoms with Gasteiger partial charge in [0.25, 0.3) is 0 Å². The van der Waals surface area contributed by atoms with Gasteiger partial charge in [-0.1, -0.05) is 0 Å². The van der Waals surface area contributed by atoms with Crippen LogP contribution in [0.25, 0.3) is 0 Å². The van der Waals surface area contributed by atoms with Crippen molar-refractivity contribution < 1.29 is 4.79 Å². The van der Waals surface area contributed by atoms with Crippen molar-refractivity contribution in [1.29, 1.82) is 0 Å². The maximum Gasteiger partial charge on any atom is 0.217 e. The second-order valence-electron chi connectivity index (χ2n) is 6.29. The molecule has 0 aliphatic carbocycles. The third kappa shape index (κ3) is 3.97. The summed E-state index contributed by atoms with van der Waals surface area (Å²) in [6.07, 6.45) is 7.40. The quantitative estimate of drug-likeness (QED) is 0.893. The fraction of sp³-hybridized carbons (Fsp3) is 0.529. The molecule has 0 bridgehead atoms. The van der Waals surface area contributed by atoms with E-state index >= 15 is 0 Å². The van der Waals surface area contributed by atoms with Crippen LogP contribution in [0.1, 0.15) is 42.8 Å². The van der Waals surface area contributed by atoms with Gasteiger partial charge in [-0.2, -0.15) is 5.10 Å². The smallest absolute Gasteiger partial charge is 0.217 e. The Hall–Kier alpha value is -2.28. The van der Waals surface area contributed by atoms with Crippen LogP contribution in [0.15, 0.2) is 24.7 Å². The van der Waals surface area contributed by atoms with Gasteiger partial charge in [0.2, 0.25) is 5.91 Å². The number of carbonyl (C=O) groups is 1. The minimum atomic E-state index is -0.0439. The highest BCUT2D eigenvalue weighted by Crippen LogP contribution is 2.28. The average Bonchev–Trinajstić information content (AvgIpc) is 2.99. The van der Waals surface area contributed by atoms with Crippen molar-refractivity contribution in [1.82, 2.24) is 30.0 Å². The first-order valence-corrected chi connectivity index (χ1v) is 8.37. The number of piperidine rings is 1. The van der Waals surface area contributed by atoms with Gasteiger partial charge >= 0.3 is 0 Å². The van der Waals surface area contributed by atoms with Gasteiger partial charge < -0.3 is 5.32 Å². The van der Waals surface area contributed by atoms with Crippen LogP contribution < -0.4 is 5.32 Å². The summed E-state index contributed by atoms with van der Waals surface area (Å²) >= 11 is 0. The van der Waals surface area contributed by atoms with Gasteiger partial charge in [0.15, 0.2) is 0 Å². The van der Waals surface area contributed by atoms with Crippen LogP contribution in [-0.4, -0.2) is 43.6 Å². The van der Waals surface area contributed by atoms with Gasteiger partial charge in [-0.3, -0.25) is 24.3 Å². The molecular formula is C17H24N6O. The molecule has 7 nitrogen and oxygen atoms in total. The molecule has 0 saturated carbocycles. The Morgan fingerprint density at radius 3 is 2.67 bits per heavy atom. The average molecular weight is 328 g/mol. The van der Waals surface area contributed by atoms with Crippen LogP contribution >= 0.6 is 0 Å². The predicted octanol–water partition coefficient (Wildman–Crippen LogP) is 1.23. The largest absolute Gasteiger partial charge is 0.351 e. The Balaban J connectivity index is 1.60. The highest BCUT2D eigenvalue weighted by molar-refractivity contribution is 5.72. The molecule has 0 spiro atoms. The molecule has 1 aliphatic heterocycles. The number of aromatic nitrogens is 4. The molecule has 3 heterocycles. The summed E-state index contributed by atoms with van der Waals surface area (Å²) in [5, 5.41) is 7.05. The fourth-order valence-electron chi connectivity index (χ4n) is 3.21. The Kier molecular flexibility index (Phi) is 5.20. The van der Waals surface area contributed by atoms with Gasteiger partial charge in [-0.25, -0.2) is 0 Å². The molecule has 1 saturated heterocycles. The van der Waals surface area contributed by atoms with Crippen molar-refractivity contribution in [3.8, 4) is 0 Å². The zero-order valence-corrected chi connectivity index (χ0v) is 14.3. The molecule has 2 aromatic rings. The summed E-state index contributed by atoms with van der Waals surface area (Å²) in [4.78, 5) is 22.6. The fourth-order valence-corrected chi connectivity index (χ4v) is 3.21. The molecule has 7 heteroatoms. The number of carbonyl (C=O) groups excluding carboxylic acids is 1. The minimum absolute atomic E-state index is 0.0439. The predicted molar refractivity (Wildman–Crippen MR) is 90.0 cm³/mol. The molecule has 0 unspecified atom stereocenters. The number of hydrogen-bond donors (Lipinski definition) is 1. The molecule has 0 atom stereocenters. The van der Waals surface area contributed by atoms with Gasteiger partial charge in [0, 0.05) is 45.0 Å². The summed E-state index contributed by atoms with van der Waals surface area (Å²) in [6, 6.07) is 2.07. The number of likely N-dealkylation sites (tertiary alicyclic amines) is 1. The van der Waals surface area contributed by atoms with Crippen LogP contribution in [0.5, 0.6) is 0 Å². The normalized spacial score (nSPS) is 16.2. The van der Waals surface area contributed by atoms with Crippen LogP contribution in [0.2, 0.25) is 0 Å². The van der Waals surface area contributed by atoms with Crippen molar-refractivity contribution >= 4 is 5.91 Å². The van der Waals surface area contributed by atoms with E-state index in [4.69, 9.17) is 0 Å². The van der Waals surface area contributed by atoms with Crippen molar-refractivity contribution in [2.45, 2.75) is 38.8 Å². The zero-order chi connectivity index (χ0) is 16.9. The first-order valence-electron chi connectivity index (χ1n) is 8.37. The SMILES string of the molecule is CC(=O)NCc1nccnc1C1CCN(Cc2ccnn2C)CC1. The summed E-state index contributed by atoms with van der Waals surface area (Å²) in [6.45, 7) is 4.97. The molecule has 2 aromatic heterocycles. The van der Waals surface area contributed by atoms with E-state index in [0.717, 1.165) is 43.9 Å². The highest BCUT2D eigenvalue weighted by atomic mass is 16.1. The number of nitrogens with one attached hydrogen (secondary N) is 1. The van der Waals surface area contributed by atoms with E-state index in [1.165, 1.54) is 12.6 Å². The van der Waals surface area contributed by atoms with Crippen LogP contribution in [0.4, 0.5) is 0 Å². The lowest BCUT2D eigenvalue weighted by Gasteiger charge is -2.32. The second kappa shape index (κ2) is 7.53. The molecule has 1 aliphatic rings. The van der Waals surface area contributed by atoms with Crippen molar-refractivity contribution in [2.75, 3.05) is 13.1 Å². The van der Waals surface area contributed by atoms with Gasteiger partial charge in [0.05, 0.1) is 23.6 Å². The van der Waals surface area contributed by atoms with Crippen molar-refractivity contribution in [3.63, 3.8) is 0 Å². The zero-order valence-electron chi connectivity index (χ0n) is 14.3. The Bertz CT molecular complexity index is 690. The Labute approximate surface area is 142 Å². The number of amides is 1. The van der Waals surface area contributed by atoms with Crippen LogP contribution in [-0.2, 0) is 24.9 Å². The van der Waals surface area contributed by atoms with E-state index in [1.54, 1.807) is 12.4 Å². The first kappa shape index (κ1) is 16.6. The molecule has 1 amide bonds. The number of nitrogens with zero attached hydrogens (tertiary/aromatic N) is 5. The van der Waals surface area contributed by atoms with E-state index in [1.807, 2.05) is 17.9 Å². The van der Waals surface area contributed by atoms with Gasteiger partial charge in [-0.05, 0) is 32.0 Å². The molecule has 1 fully saturated rings. The molecule has 128 valence electrons. The number of aryl methyl sites for hydroxylation is 1. The lowest BCUT2D eigenvalue weighted by molar-refractivity contribution is -0.119. The van der Waals surface area contributed by atoms with Crippen molar-refractivity contribution in [3.05, 3.63) is 41.7 Å². The monoisotopic (exact) mass is 328 g/mol. The summed E-state index contributed by atoms with van der Waals surface area (Å²) < 4.78 is 1.93. The third-order valence-corrected chi connectivity index (χ3v) is 4.59.